The molecule has 2 fully saturated rings. The fourth-order valence-electron chi connectivity index (χ4n) is 3.86. The Morgan fingerprint density at radius 1 is 1.35 bits per heavy atom. The van der Waals surface area contributed by atoms with Gasteiger partial charge in [0.15, 0.2) is 0 Å². The summed E-state index contributed by atoms with van der Waals surface area (Å²) in [5.41, 5.74) is 1.10. The highest BCUT2D eigenvalue weighted by Gasteiger charge is 2.34. The van der Waals surface area contributed by atoms with Gasteiger partial charge in [0.25, 0.3) is 0 Å². The quantitative estimate of drug-likeness (QED) is 0.815. The maximum atomic E-state index is 12.3. The van der Waals surface area contributed by atoms with Crippen molar-refractivity contribution < 1.29 is 14.3 Å². The Labute approximate surface area is 136 Å². The molecule has 0 aliphatic carbocycles. The Kier molecular flexibility index (Phi) is 4.71. The summed E-state index contributed by atoms with van der Waals surface area (Å²) < 4.78 is 6.68. The number of nitrogens with zero attached hydrogens (tertiary/aromatic N) is 1. The Morgan fingerprint density at radius 2 is 2.04 bits per heavy atom. The first-order chi connectivity index (χ1) is 11.0. The number of carbonyl (C=O) groups excluding carboxylic acids is 2. The predicted octanol–water partition coefficient (Wildman–Crippen LogP) is 2.06. The molecule has 0 aromatic carbocycles. The number of rotatable bonds is 5. The fourth-order valence-corrected chi connectivity index (χ4v) is 3.86. The first-order valence-electron chi connectivity index (χ1n) is 8.44. The van der Waals surface area contributed by atoms with E-state index < -0.39 is 0 Å². The number of aromatic nitrogens is 1. The lowest BCUT2D eigenvalue weighted by molar-refractivity contribution is -0.117. The summed E-state index contributed by atoms with van der Waals surface area (Å²) in [6, 6.07) is 2.86. The van der Waals surface area contributed by atoms with Gasteiger partial charge in [-0.05, 0) is 44.6 Å². The highest BCUT2D eigenvalue weighted by molar-refractivity contribution is 5.94. The monoisotopic (exact) mass is 319 g/mol. The van der Waals surface area contributed by atoms with Crippen molar-refractivity contribution >= 4 is 17.6 Å². The maximum absolute atomic E-state index is 12.3. The SMILES string of the molecule is CCOC(=O)c1cc(NC(=O)CC2CC3CCC(C2)N3)cn1C. The van der Waals surface area contributed by atoms with Crippen molar-refractivity contribution in [3.05, 3.63) is 18.0 Å². The van der Waals surface area contributed by atoms with Crippen LogP contribution >= 0.6 is 0 Å². The number of aryl methyl sites for hydroxylation is 1. The summed E-state index contributed by atoms with van der Waals surface area (Å²) in [5.74, 6) is 0.115. The molecule has 1 amide bonds. The molecule has 1 aromatic rings. The van der Waals surface area contributed by atoms with E-state index in [4.69, 9.17) is 4.74 Å². The number of fused-ring (bicyclic) bond motifs is 2. The minimum absolute atomic E-state index is 0.0253. The Balaban J connectivity index is 1.55. The van der Waals surface area contributed by atoms with Crippen LogP contribution in [0.3, 0.4) is 0 Å². The van der Waals surface area contributed by atoms with Crippen LogP contribution in [-0.4, -0.2) is 35.1 Å². The minimum Gasteiger partial charge on any atom is -0.461 e. The Hall–Kier alpha value is -1.82. The molecule has 126 valence electrons. The molecule has 3 heterocycles. The van der Waals surface area contributed by atoms with Crippen molar-refractivity contribution in [1.29, 1.82) is 0 Å². The summed E-state index contributed by atoms with van der Waals surface area (Å²) in [7, 11) is 1.77. The summed E-state index contributed by atoms with van der Waals surface area (Å²) in [4.78, 5) is 24.1. The molecule has 2 N–H and O–H groups in total. The molecule has 2 aliphatic rings. The summed E-state index contributed by atoms with van der Waals surface area (Å²) in [6.07, 6.45) is 6.96. The summed E-state index contributed by atoms with van der Waals surface area (Å²) in [6.45, 7) is 2.11. The van der Waals surface area contributed by atoms with Crippen molar-refractivity contribution in [3.63, 3.8) is 0 Å². The van der Waals surface area contributed by atoms with Gasteiger partial charge in [0, 0.05) is 31.7 Å². The molecule has 6 nitrogen and oxygen atoms in total. The normalized spacial score (nSPS) is 26.1. The molecule has 2 saturated heterocycles. The van der Waals surface area contributed by atoms with Gasteiger partial charge in [0.2, 0.25) is 5.91 Å². The van der Waals surface area contributed by atoms with E-state index in [0.29, 0.717) is 42.4 Å². The molecule has 3 rings (SSSR count). The van der Waals surface area contributed by atoms with E-state index in [-0.39, 0.29) is 11.9 Å². The molecule has 0 spiro atoms. The fraction of sp³-hybridized carbons (Fsp3) is 0.647. The van der Waals surface area contributed by atoms with Gasteiger partial charge < -0.3 is 19.9 Å². The third-order valence-corrected chi connectivity index (χ3v) is 4.82. The molecule has 2 unspecified atom stereocenters. The van der Waals surface area contributed by atoms with E-state index in [1.807, 2.05) is 0 Å². The highest BCUT2D eigenvalue weighted by Crippen LogP contribution is 2.32. The number of anilines is 1. The van der Waals surface area contributed by atoms with Crippen LogP contribution in [0.2, 0.25) is 0 Å². The van der Waals surface area contributed by atoms with Crippen LogP contribution in [0.1, 0.15) is 49.5 Å². The second-order valence-corrected chi connectivity index (χ2v) is 6.67. The third kappa shape index (κ3) is 3.75. The third-order valence-electron chi connectivity index (χ3n) is 4.82. The number of nitrogens with one attached hydrogen (secondary N) is 2. The van der Waals surface area contributed by atoms with E-state index in [1.165, 1.54) is 12.8 Å². The average molecular weight is 319 g/mol. The largest absolute Gasteiger partial charge is 0.461 e. The number of carbonyl (C=O) groups is 2. The predicted molar refractivity (Wildman–Crippen MR) is 87.3 cm³/mol. The molecule has 1 aromatic heterocycles. The van der Waals surface area contributed by atoms with Crippen LogP contribution in [0.15, 0.2) is 12.3 Å². The lowest BCUT2D eigenvalue weighted by Gasteiger charge is -2.28. The number of esters is 1. The van der Waals surface area contributed by atoms with Gasteiger partial charge in [-0.1, -0.05) is 0 Å². The van der Waals surface area contributed by atoms with Crippen LogP contribution in [0.4, 0.5) is 5.69 Å². The second kappa shape index (κ2) is 6.74. The lowest BCUT2D eigenvalue weighted by Crippen LogP contribution is -2.39. The Morgan fingerprint density at radius 3 is 2.70 bits per heavy atom. The molecular formula is C17H25N3O3. The average Bonchev–Trinajstić information content (AvgIpc) is 3.01. The van der Waals surface area contributed by atoms with Crippen molar-refractivity contribution in [3.8, 4) is 0 Å². The van der Waals surface area contributed by atoms with Gasteiger partial charge >= 0.3 is 5.97 Å². The zero-order chi connectivity index (χ0) is 16.4. The molecule has 0 radical (unpaired) electrons. The van der Waals surface area contributed by atoms with Crippen LogP contribution in [0.5, 0.6) is 0 Å². The van der Waals surface area contributed by atoms with Crippen molar-refractivity contribution in [2.24, 2.45) is 13.0 Å². The number of hydrogen-bond acceptors (Lipinski definition) is 4. The zero-order valence-corrected chi connectivity index (χ0v) is 13.8. The standard InChI is InChI=1S/C17H25N3O3/c1-3-23-17(22)15-9-14(10-20(15)2)19-16(21)8-11-6-12-4-5-13(7-11)18-12/h9-13,18H,3-8H2,1-2H3,(H,19,21). The summed E-state index contributed by atoms with van der Waals surface area (Å²) in [5, 5.41) is 6.50. The van der Waals surface area contributed by atoms with E-state index >= 15 is 0 Å². The van der Waals surface area contributed by atoms with Gasteiger partial charge in [-0.15, -0.1) is 0 Å². The molecular weight excluding hydrogens is 294 g/mol. The van der Waals surface area contributed by atoms with Crippen LogP contribution < -0.4 is 10.6 Å². The topological polar surface area (TPSA) is 72.4 Å². The van der Waals surface area contributed by atoms with E-state index in [9.17, 15) is 9.59 Å². The highest BCUT2D eigenvalue weighted by atomic mass is 16.5. The lowest BCUT2D eigenvalue weighted by atomic mass is 9.89. The number of hydrogen-bond donors (Lipinski definition) is 2. The van der Waals surface area contributed by atoms with Crippen LogP contribution in [-0.2, 0) is 16.6 Å². The second-order valence-electron chi connectivity index (χ2n) is 6.67. The van der Waals surface area contributed by atoms with Gasteiger partial charge in [-0.25, -0.2) is 4.79 Å². The van der Waals surface area contributed by atoms with E-state index in [0.717, 1.165) is 12.8 Å². The number of ether oxygens (including phenoxy) is 1. The minimum atomic E-state index is -0.370. The van der Waals surface area contributed by atoms with Crippen molar-refractivity contribution in [2.75, 3.05) is 11.9 Å². The summed E-state index contributed by atoms with van der Waals surface area (Å²) >= 11 is 0. The van der Waals surface area contributed by atoms with Crippen LogP contribution in [0.25, 0.3) is 0 Å². The molecule has 0 saturated carbocycles. The molecule has 2 aliphatic heterocycles. The van der Waals surface area contributed by atoms with Crippen molar-refractivity contribution in [2.45, 2.75) is 51.1 Å². The van der Waals surface area contributed by atoms with Gasteiger partial charge in [-0.3, -0.25) is 4.79 Å². The Bertz CT molecular complexity index is 584. The molecule has 6 heteroatoms. The molecule has 2 atom stereocenters. The van der Waals surface area contributed by atoms with Crippen molar-refractivity contribution in [1.82, 2.24) is 9.88 Å². The van der Waals surface area contributed by atoms with E-state index in [2.05, 4.69) is 10.6 Å². The van der Waals surface area contributed by atoms with E-state index in [1.54, 1.807) is 30.8 Å². The van der Waals surface area contributed by atoms with Gasteiger partial charge in [0.1, 0.15) is 5.69 Å². The smallest absolute Gasteiger partial charge is 0.355 e. The molecule has 23 heavy (non-hydrogen) atoms. The molecule has 2 bridgehead atoms. The first kappa shape index (κ1) is 16.1. The first-order valence-corrected chi connectivity index (χ1v) is 8.44. The van der Waals surface area contributed by atoms with Gasteiger partial charge in [-0.2, -0.15) is 0 Å². The zero-order valence-electron chi connectivity index (χ0n) is 13.8. The van der Waals surface area contributed by atoms with Crippen LogP contribution in [0, 0.1) is 5.92 Å². The van der Waals surface area contributed by atoms with Gasteiger partial charge in [0.05, 0.1) is 12.3 Å². The number of amides is 1. The maximum Gasteiger partial charge on any atom is 0.355 e. The number of piperidine rings is 1.